The lowest BCUT2D eigenvalue weighted by Gasteiger charge is -2.10. The molecule has 0 fully saturated rings. The Bertz CT molecular complexity index is 1420. The normalized spacial score (nSPS) is 11.1. The van der Waals surface area contributed by atoms with Crippen LogP contribution < -0.4 is 0 Å². The predicted octanol–water partition coefficient (Wildman–Crippen LogP) is 8.82. The van der Waals surface area contributed by atoms with Crippen LogP contribution in [0.25, 0.3) is 10.8 Å². The molecule has 0 saturated carbocycles. The number of rotatable bonds is 11. The van der Waals surface area contributed by atoms with Crippen molar-refractivity contribution in [3.8, 4) is 6.07 Å². The Balaban J connectivity index is 1.38. The van der Waals surface area contributed by atoms with Gasteiger partial charge < -0.3 is 0 Å². The number of nitrogens with zero attached hydrogens (tertiary/aromatic N) is 1. The summed E-state index contributed by atoms with van der Waals surface area (Å²) in [6, 6.07) is 21.3. The highest BCUT2D eigenvalue weighted by Crippen LogP contribution is 2.25. The molecule has 0 heterocycles. The van der Waals surface area contributed by atoms with Crippen molar-refractivity contribution in [2.75, 3.05) is 0 Å². The SMILES string of the molecule is CCCCCCc1ccc(CCc2ccc3c(F)c(CCc4ccc(C#N)c(F)c4)ccc3c2)c(F)c1. The predicted molar refractivity (Wildman–Crippen MR) is 144 cm³/mol. The summed E-state index contributed by atoms with van der Waals surface area (Å²) >= 11 is 0. The maximum atomic E-state index is 15.2. The lowest BCUT2D eigenvalue weighted by atomic mass is 9.96. The quantitative estimate of drug-likeness (QED) is 0.189. The summed E-state index contributed by atoms with van der Waals surface area (Å²) in [6.07, 6.45) is 7.78. The van der Waals surface area contributed by atoms with E-state index < -0.39 is 5.82 Å². The molecule has 4 rings (SSSR count). The number of nitriles is 1. The molecular formula is C33H32F3N. The molecule has 4 aromatic rings. The summed E-state index contributed by atoms with van der Waals surface area (Å²) < 4.78 is 43.7. The number of hydrogen-bond acceptors (Lipinski definition) is 1. The average Bonchev–Trinajstić information content (AvgIpc) is 2.90. The standard InChI is InChI=1S/C33H32F3N/c1-2-3-4-5-6-23-7-12-26(31(34)20-23)13-8-24-11-18-30-28(19-24)17-16-27(33(30)36)14-9-25-10-15-29(22-37)32(35)21-25/h7,10-12,15-21H,2-6,8-9,13-14H2,1H3. The van der Waals surface area contributed by atoms with Crippen LogP contribution >= 0.6 is 0 Å². The first-order chi connectivity index (χ1) is 18.0. The van der Waals surface area contributed by atoms with Crippen LogP contribution in [-0.4, -0.2) is 0 Å². The van der Waals surface area contributed by atoms with Crippen molar-refractivity contribution >= 4 is 10.8 Å². The molecule has 0 bridgehead atoms. The molecule has 4 aromatic carbocycles. The van der Waals surface area contributed by atoms with E-state index >= 15 is 4.39 Å². The fourth-order valence-corrected chi connectivity index (χ4v) is 4.80. The van der Waals surface area contributed by atoms with Crippen LogP contribution in [0.1, 0.15) is 66.0 Å². The highest BCUT2D eigenvalue weighted by molar-refractivity contribution is 5.84. The second-order valence-electron chi connectivity index (χ2n) is 9.76. The number of fused-ring (bicyclic) bond motifs is 1. The van der Waals surface area contributed by atoms with Crippen molar-refractivity contribution in [3.05, 3.63) is 118 Å². The van der Waals surface area contributed by atoms with Gasteiger partial charge >= 0.3 is 0 Å². The van der Waals surface area contributed by atoms with Gasteiger partial charge in [0.05, 0.1) is 5.56 Å². The lowest BCUT2D eigenvalue weighted by molar-refractivity contribution is 0.603. The molecule has 0 amide bonds. The van der Waals surface area contributed by atoms with Gasteiger partial charge in [-0.3, -0.25) is 0 Å². The molecule has 0 aliphatic rings. The Morgan fingerprint density at radius 3 is 2.00 bits per heavy atom. The molecule has 0 unspecified atom stereocenters. The van der Waals surface area contributed by atoms with Crippen LogP contribution in [0.4, 0.5) is 13.2 Å². The van der Waals surface area contributed by atoms with Crippen molar-refractivity contribution in [3.63, 3.8) is 0 Å². The van der Waals surface area contributed by atoms with Gasteiger partial charge in [-0.15, -0.1) is 0 Å². The summed E-state index contributed by atoms with van der Waals surface area (Å²) in [5.74, 6) is -0.963. The molecule has 0 N–H and O–H groups in total. The number of aryl methyl sites for hydroxylation is 5. The number of benzene rings is 4. The van der Waals surface area contributed by atoms with Crippen LogP contribution in [0, 0.1) is 28.8 Å². The molecule has 0 atom stereocenters. The average molecular weight is 500 g/mol. The summed E-state index contributed by atoms with van der Waals surface area (Å²) in [4.78, 5) is 0. The highest BCUT2D eigenvalue weighted by Gasteiger charge is 2.11. The second kappa shape index (κ2) is 12.6. The van der Waals surface area contributed by atoms with E-state index in [1.807, 2.05) is 36.4 Å². The molecular weight excluding hydrogens is 467 g/mol. The summed E-state index contributed by atoms with van der Waals surface area (Å²) in [6.45, 7) is 2.18. The van der Waals surface area contributed by atoms with E-state index in [1.54, 1.807) is 24.3 Å². The minimum Gasteiger partial charge on any atom is -0.207 e. The van der Waals surface area contributed by atoms with E-state index in [1.165, 1.54) is 31.4 Å². The van der Waals surface area contributed by atoms with Gasteiger partial charge in [-0.2, -0.15) is 5.26 Å². The zero-order chi connectivity index (χ0) is 26.2. The first-order valence-electron chi connectivity index (χ1n) is 13.1. The Morgan fingerprint density at radius 2 is 1.27 bits per heavy atom. The van der Waals surface area contributed by atoms with Gasteiger partial charge in [-0.05, 0) is 89.9 Å². The monoisotopic (exact) mass is 499 g/mol. The van der Waals surface area contributed by atoms with E-state index in [-0.39, 0.29) is 17.2 Å². The Kier molecular flexibility index (Phi) is 9.01. The second-order valence-corrected chi connectivity index (χ2v) is 9.76. The third kappa shape index (κ3) is 6.80. The van der Waals surface area contributed by atoms with Crippen LogP contribution in [0.15, 0.2) is 66.7 Å². The molecule has 0 aliphatic carbocycles. The number of unbranched alkanes of at least 4 members (excludes halogenated alkanes) is 3. The van der Waals surface area contributed by atoms with Crippen molar-refractivity contribution in [2.45, 2.75) is 64.7 Å². The zero-order valence-corrected chi connectivity index (χ0v) is 21.3. The third-order valence-corrected chi connectivity index (χ3v) is 7.05. The number of halogens is 3. The summed E-state index contributed by atoms with van der Waals surface area (Å²) in [5, 5.41) is 10.2. The van der Waals surface area contributed by atoms with Gasteiger partial charge in [0.25, 0.3) is 0 Å². The van der Waals surface area contributed by atoms with Crippen molar-refractivity contribution in [1.29, 1.82) is 5.26 Å². The first-order valence-corrected chi connectivity index (χ1v) is 13.1. The Morgan fingerprint density at radius 1 is 0.622 bits per heavy atom. The van der Waals surface area contributed by atoms with E-state index in [4.69, 9.17) is 5.26 Å². The van der Waals surface area contributed by atoms with Crippen LogP contribution in [-0.2, 0) is 32.1 Å². The molecule has 0 radical (unpaired) electrons. The third-order valence-electron chi connectivity index (χ3n) is 7.05. The molecule has 0 spiro atoms. The highest BCUT2D eigenvalue weighted by atomic mass is 19.1. The summed E-state index contributed by atoms with van der Waals surface area (Å²) in [5.41, 5.74) is 4.10. The van der Waals surface area contributed by atoms with Crippen molar-refractivity contribution in [2.24, 2.45) is 0 Å². The van der Waals surface area contributed by atoms with E-state index in [0.717, 1.165) is 34.9 Å². The van der Waals surface area contributed by atoms with Gasteiger partial charge in [0, 0.05) is 5.39 Å². The van der Waals surface area contributed by atoms with E-state index in [0.29, 0.717) is 42.2 Å². The molecule has 190 valence electrons. The fraction of sp³-hybridized carbons (Fsp3) is 0.303. The van der Waals surface area contributed by atoms with E-state index in [2.05, 4.69) is 6.92 Å². The van der Waals surface area contributed by atoms with Crippen molar-refractivity contribution < 1.29 is 13.2 Å². The molecule has 1 nitrogen and oxygen atoms in total. The topological polar surface area (TPSA) is 23.8 Å². The zero-order valence-electron chi connectivity index (χ0n) is 21.3. The van der Waals surface area contributed by atoms with Gasteiger partial charge in [0.2, 0.25) is 0 Å². The minimum absolute atomic E-state index is 0.00833. The smallest absolute Gasteiger partial charge is 0.141 e. The lowest BCUT2D eigenvalue weighted by Crippen LogP contribution is -1.99. The molecule has 0 saturated heterocycles. The number of hydrogen-bond donors (Lipinski definition) is 0. The van der Waals surface area contributed by atoms with Crippen molar-refractivity contribution in [1.82, 2.24) is 0 Å². The largest absolute Gasteiger partial charge is 0.207 e. The Labute approximate surface area is 217 Å². The van der Waals surface area contributed by atoms with Crippen LogP contribution in [0.5, 0.6) is 0 Å². The molecule has 37 heavy (non-hydrogen) atoms. The van der Waals surface area contributed by atoms with Gasteiger partial charge in [-0.25, -0.2) is 13.2 Å². The molecule has 0 aliphatic heterocycles. The molecule has 0 aromatic heterocycles. The van der Waals surface area contributed by atoms with Gasteiger partial charge in [0.15, 0.2) is 0 Å². The maximum Gasteiger partial charge on any atom is 0.141 e. The van der Waals surface area contributed by atoms with E-state index in [9.17, 15) is 8.78 Å². The molecule has 4 heteroatoms. The first kappa shape index (κ1) is 26.5. The Hall–Kier alpha value is -3.58. The minimum atomic E-state index is -0.551. The fourth-order valence-electron chi connectivity index (χ4n) is 4.80. The van der Waals surface area contributed by atoms with Gasteiger partial charge in [-0.1, -0.05) is 74.7 Å². The van der Waals surface area contributed by atoms with Crippen LogP contribution in [0.3, 0.4) is 0 Å². The summed E-state index contributed by atoms with van der Waals surface area (Å²) in [7, 11) is 0. The van der Waals surface area contributed by atoms with Gasteiger partial charge in [0.1, 0.15) is 23.5 Å². The maximum absolute atomic E-state index is 15.2. The van der Waals surface area contributed by atoms with Crippen LogP contribution in [0.2, 0.25) is 0 Å².